The van der Waals surface area contributed by atoms with E-state index in [1.165, 1.54) is 0 Å². The minimum Gasteiger partial charge on any atom is -0.481 e. The number of alkyl halides is 3. The van der Waals surface area contributed by atoms with Crippen LogP contribution in [0.3, 0.4) is 0 Å². The van der Waals surface area contributed by atoms with Gasteiger partial charge in [-0.05, 0) is 12.8 Å². The Balaban J connectivity index is -0.000000262. The molecule has 0 aliphatic rings. The number of hydrogen-bond donors (Lipinski definition) is 2. The van der Waals surface area contributed by atoms with Crippen LogP contribution in [0, 0.1) is 5.92 Å². The van der Waals surface area contributed by atoms with E-state index >= 15 is 0 Å². The Morgan fingerprint density at radius 1 is 1.26 bits per heavy atom. The molecule has 0 heterocycles. The monoisotopic (exact) mass is 353 g/mol. The van der Waals surface area contributed by atoms with Crippen LogP contribution >= 0.6 is 0 Å². The third-order valence-corrected chi connectivity index (χ3v) is 2.63. The zero-order valence-electron chi connectivity index (χ0n) is 10.4. The van der Waals surface area contributed by atoms with Crippen LogP contribution in [0.5, 0.6) is 0 Å². The predicted octanol–water partition coefficient (Wildman–Crippen LogP) is 2.68. The first kappa shape index (κ1) is 23.7. The Morgan fingerprint density at radius 2 is 1.63 bits per heavy atom. The van der Waals surface area contributed by atoms with E-state index in [0.717, 1.165) is 25.7 Å². The van der Waals surface area contributed by atoms with Gasteiger partial charge in [-0.25, -0.2) is 0 Å². The molecule has 19 heavy (non-hydrogen) atoms. The Morgan fingerprint density at radius 3 is 1.79 bits per heavy atom. The molecule has 0 aromatic carbocycles. The number of hydrogen-bond acceptors (Lipinski definition) is 3. The number of halogens is 3. The number of unbranched alkanes of at least 4 members (excludes halogenated alkanes) is 1. The molecule has 0 spiro atoms. The molecule has 5 nitrogen and oxygen atoms in total. The standard InChI is InChI=1S/C8H16O2.CHF3O3S.Co/c1-3-5-6-7(4-2)8(9)10;2-1(3,4)8(5,6)7;/h7H,3-6H2,1-2H3,(H,9,10);(H,5,6,7);. The maximum atomic E-state index is 10.7. The van der Waals surface area contributed by atoms with Gasteiger partial charge < -0.3 is 5.11 Å². The van der Waals surface area contributed by atoms with Crippen molar-refractivity contribution < 1.29 is 52.8 Å². The summed E-state index contributed by atoms with van der Waals surface area (Å²) >= 11 is 0. The summed E-state index contributed by atoms with van der Waals surface area (Å²) in [4.78, 5) is 10.4. The molecule has 0 aliphatic carbocycles. The van der Waals surface area contributed by atoms with Gasteiger partial charge >= 0.3 is 21.6 Å². The van der Waals surface area contributed by atoms with E-state index in [9.17, 15) is 18.0 Å². The third kappa shape index (κ3) is 12.5. The zero-order valence-corrected chi connectivity index (χ0v) is 12.3. The molecule has 0 fully saturated rings. The number of aliphatic carboxylic acids is 1. The van der Waals surface area contributed by atoms with E-state index in [-0.39, 0.29) is 22.7 Å². The number of carboxylic acids is 1. The molecule has 0 amide bonds. The number of carbonyl (C=O) groups is 1. The molecule has 119 valence electrons. The first-order chi connectivity index (χ1) is 7.97. The van der Waals surface area contributed by atoms with Crippen LogP contribution in [0.2, 0.25) is 0 Å². The van der Waals surface area contributed by atoms with Crippen LogP contribution in [0.4, 0.5) is 13.2 Å². The smallest absolute Gasteiger partial charge is 0.481 e. The summed E-state index contributed by atoms with van der Waals surface area (Å²) in [5, 5.41) is 8.60. The largest absolute Gasteiger partial charge is 0.522 e. The van der Waals surface area contributed by atoms with Gasteiger partial charge in [0, 0.05) is 16.8 Å². The van der Waals surface area contributed by atoms with E-state index in [1.807, 2.05) is 6.92 Å². The Hall–Kier alpha value is -0.324. The summed E-state index contributed by atoms with van der Waals surface area (Å²) in [6.45, 7) is 4.00. The van der Waals surface area contributed by atoms with Crippen molar-refractivity contribution in [2.75, 3.05) is 0 Å². The molecule has 0 bridgehead atoms. The second kappa shape index (κ2) is 10.5. The third-order valence-electron chi connectivity index (χ3n) is 2.04. The summed E-state index contributed by atoms with van der Waals surface area (Å²) in [7, 11) is -5.84. The van der Waals surface area contributed by atoms with Gasteiger partial charge in [-0.15, -0.1) is 0 Å². The van der Waals surface area contributed by atoms with E-state index in [0.29, 0.717) is 0 Å². The van der Waals surface area contributed by atoms with Gasteiger partial charge in [0.15, 0.2) is 0 Å². The van der Waals surface area contributed by atoms with Crippen LogP contribution in [-0.2, 0) is 31.7 Å². The van der Waals surface area contributed by atoms with E-state index in [1.54, 1.807) is 0 Å². The maximum absolute atomic E-state index is 10.7. The number of rotatable bonds is 5. The van der Waals surface area contributed by atoms with Gasteiger partial charge in [0.1, 0.15) is 0 Å². The minimum atomic E-state index is -5.84. The Labute approximate surface area is 120 Å². The van der Waals surface area contributed by atoms with Crippen molar-refractivity contribution in [2.24, 2.45) is 5.92 Å². The topological polar surface area (TPSA) is 91.7 Å². The molecule has 0 aromatic rings. The molecule has 0 aliphatic heterocycles. The molecule has 1 atom stereocenters. The quantitative estimate of drug-likeness (QED) is 0.586. The summed E-state index contributed by atoms with van der Waals surface area (Å²) in [5.41, 5.74) is -5.53. The van der Waals surface area contributed by atoms with Crippen molar-refractivity contribution >= 4 is 16.1 Å². The molecule has 1 radical (unpaired) electrons. The van der Waals surface area contributed by atoms with Gasteiger partial charge in [0.2, 0.25) is 0 Å². The van der Waals surface area contributed by atoms with Crippen molar-refractivity contribution in [3.63, 3.8) is 0 Å². The average Bonchev–Trinajstić information content (AvgIpc) is 2.16. The summed E-state index contributed by atoms with van der Waals surface area (Å²) < 4.78 is 57.5. The summed E-state index contributed by atoms with van der Waals surface area (Å²) in [6.07, 6.45) is 3.71. The van der Waals surface area contributed by atoms with E-state index < -0.39 is 21.6 Å². The van der Waals surface area contributed by atoms with Gasteiger partial charge in [-0.2, -0.15) is 21.6 Å². The van der Waals surface area contributed by atoms with Crippen LogP contribution in [0.1, 0.15) is 39.5 Å². The van der Waals surface area contributed by atoms with Gasteiger partial charge in [-0.1, -0.05) is 26.7 Å². The summed E-state index contributed by atoms with van der Waals surface area (Å²) in [6, 6.07) is 0. The second-order valence-corrected chi connectivity index (χ2v) is 4.92. The van der Waals surface area contributed by atoms with Gasteiger partial charge in [0.05, 0.1) is 5.92 Å². The van der Waals surface area contributed by atoms with Crippen LogP contribution < -0.4 is 0 Å². The predicted molar refractivity (Wildman–Crippen MR) is 58.5 cm³/mol. The first-order valence-corrected chi connectivity index (χ1v) is 6.67. The van der Waals surface area contributed by atoms with Crippen molar-refractivity contribution in [1.82, 2.24) is 0 Å². The van der Waals surface area contributed by atoms with Crippen molar-refractivity contribution in [3.8, 4) is 0 Å². The molecular formula is C9H17CoF3O5S. The summed E-state index contributed by atoms with van der Waals surface area (Å²) in [5.74, 6) is -0.754. The second-order valence-electron chi connectivity index (χ2n) is 3.51. The molecule has 0 aromatic heterocycles. The van der Waals surface area contributed by atoms with Crippen molar-refractivity contribution in [2.45, 2.75) is 45.0 Å². The zero-order chi connectivity index (χ0) is 15.0. The van der Waals surface area contributed by atoms with Gasteiger partial charge in [-0.3, -0.25) is 9.35 Å². The van der Waals surface area contributed by atoms with Crippen LogP contribution in [0.25, 0.3) is 0 Å². The Bertz CT molecular complexity index is 342. The fraction of sp³-hybridized carbons (Fsp3) is 0.889. The maximum Gasteiger partial charge on any atom is 0.522 e. The van der Waals surface area contributed by atoms with E-state index in [4.69, 9.17) is 18.1 Å². The molecule has 1 unspecified atom stereocenters. The SMILES string of the molecule is CCCCC(CC)C(=O)O.O=S(=O)(O)C(F)(F)F.[Co]. The molecule has 2 N–H and O–H groups in total. The molecule has 0 rings (SSSR count). The number of carboxylic acid groups (broad SMARTS) is 1. The first-order valence-electron chi connectivity index (χ1n) is 5.23. The van der Waals surface area contributed by atoms with Crippen molar-refractivity contribution in [3.05, 3.63) is 0 Å². The molecule has 0 saturated carbocycles. The molecule has 10 heteroatoms. The van der Waals surface area contributed by atoms with Crippen molar-refractivity contribution in [1.29, 1.82) is 0 Å². The fourth-order valence-electron chi connectivity index (χ4n) is 0.953. The fourth-order valence-corrected chi connectivity index (χ4v) is 0.953. The van der Waals surface area contributed by atoms with Crippen LogP contribution in [-0.4, -0.2) is 29.6 Å². The van der Waals surface area contributed by atoms with Gasteiger partial charge in [0.25, 0.3) is 0 Å². The Kier molecular flexibility index (Phi) is 13.1. The minimum absolute atomic E-state index is 0. The average molecular weight is 353 g/mol. The molecule has 0 saturated heterocycles. The van der Waals surface area contributed by atoms with Crippen LogP contribution in [0.15, 0.2) is 0 Å². The van der Waals surface area contributed by atoms with E-state index in [2.05, 4.69) is 6.92 Å². The molecular weight excluding hydrogens is 336 g/mol. The normalized spacial score (nSPS) is 12.7.